The lowest BCUT2D eigenvalue weighted by Crippen LogP contribution is -2.23. The molecule has 1 aromatic heterocycles. The Morgan fingerprint density at radius 1 is 1.04 bits per heavy atom. The van der Waals surface area contributed by atoms with Gasteiger partial charge in [0.2, 0.25) is 0 Å². The molecule has 1 amide bonds. The van der Waals surface area contributed by atoms with Crippen LogP contribution in [0.4, 0.5) is 0 Å². The molecule has 0 unspecified atom stereocenters. The van der Waals surface area contributed by atoms with E-state index in [-0.39, 0.29) is 5.91 Å². The summed E-state index contributed by atoms with van der Waals surface area (Å²) >= 11 is 0. The van der Waals surface area contributed by atoms with Crippen LogP contribution >= 0.6 is 0 Å². The Hall–Kier alpha value is -2.85. The fraction of sp³-hybridized carbons (Fsp3) is 0.227. The summed E-state index contributed by atoms with van der Waals surface area (Å²) in [5, 5.41) is 6.51. The fourth-order valence-corrected chi connectivity index (χ4v) is 3.52. The minimum atomic E-state index is -0.0885. The van der Waals surface area contributed by atoms with Crippen LogP contribution in [0.5, 0.6) is 0 Å². The zero-order chi connectivity index (χ0) is 17.8. The molecular weight excluding hydrogens is 324 g/mol. The number of benzene rings is 2. The van der Waals surface area contributed by atoms with Gasteiger partial charge in [-0.3, -0.25) is 4.79 Å². The van der Waals surface area contributed by atoms with Gasteiger partial charge in [-0.1, -0.05) is 36.4 Å². The highest BCUT2D eigenvalue weighted by Gasteiger charge is 2.21. The first-order chi connectivity index (χ1) is 12.8. The molecule has 0 saturated heterocycles. The maximum Gasteiger partial charge on any atom is 0.251 e. The summed E-state index contributed by atoms with van der Waals surface area (Å²) in [6, 6.07) is 20.4. The second-order valence-corrected chi connectivity index (χ2v) is 6.63. The molecular formula is C22H22N2O2. The summed E-state index contributed by atoms with van der Waals surface area (Å²) < 4.78 is 5.24. The summed E-state index contributed by atoms with van der Waals surface area (Å²) in [7, 11) is 0. The van der Waals surface area contributed by atoms with Crippen molar-refractivity contribution in [3.8, 4) is 0 Å². The van der Waals surface area contributed by atoms with E-state index in [1.54, 1.807) is 6.26 Å². The Kier molecular flexibility index (Phi) is 4.84. The number of carbonyl (C=O) groups excluding carboxylic acids is 1. The first-order valence-corrected chi connectivity index (χ1v) is 9.00. The second-order valence-electron chi connectivity index (χ2n) is 6.63. The van der Waals surface area contributed by atoms with E-state index in [1.807, 2.05) is 30.3 Å². The molecule has 1 heterocycles. The van der Waals surface area contributed by atoms with Gasteiger partial charge in [0.15, 0.2) is 0 Å². The zero-order valence-corrected chi connectivity index (χ0v) is 14.6. The zero-order valence-electron chi connectivity index (χ0n) is 14.6. The monoisotopic (exact) mass is 346 g/mol. The average molecular weight is 346 g/mol. The van der Waals surface area contributed by atoms with Crippen LogP contribution in [-0.2, 0) is 19.5 Å². The predicted molar refractivity (Wildman–Crippen MR) is 101 cm³/mol. The first kappa shape index (κ1) is 16.6. The van der Waals surface area contributed by atoms with Crippen molar-refractivity contribution >= 4 is 5.91 Å². The lowest BCUT2D eigenvalue weighted by Gasteiger charge is -2.14. The van der Waals surface area contributed by atoms with Gasteiger partial charge in [-0.05, 0) is 53.8 Å². The molecule has 0 bridgehead atoms. The van der Waals surface area contributed by atoms with E-state index in [0.29, 0.717) is 18.2 Å². The average Bonchev–Trinajstić information content (AvgIpc) is 3.34. The van der Waals surface area contributed by atoms with Gasteiger partial charge in [0, 0.05) is 18.2 Å². The van der Waals surface area contributed by atoms with Crippen molar-refractivity contribution < 1.29 is 9.21 Å². The van der Waals surface area contributed by atoms with Crippen LogP contribution in [0.25, 0.3) is 0 Å². The predicted octanol–water partition coefficient (Wildman–Crippen LogP) is 3.99. The molecule has 4 nitrogen and oxygen atoms in total. The van der Waals surface area contributed by atoms with Crippen molar-refractivity contribution in [3.63, 3.8) is 0 Å². The Morgan fingerprint density at radius 2 is 1.96 bits per heavy atom. The minimum Gasteiger partial charge on any atom is -0.467 e. The topological polar surface area (TPSA) is 54.3 Å². The molecule has 1 atom stereocenters. The van der Waals surface area contributed by atoms with Crippen molar-refractivity contribution in [2.24, 2.45) is 0 Å². The highest BCUT2D eigenvalue weighted by atomic mass is 16.3. The second kappa shape index (κ2) is 7.58. The molecule has 1 aliphatic rings. The van der Waals surface area contributed by atoms with E-state index in [1.165, 1.54) is 11.1 Å². The van der Waals surface area contributed by atoms with Crippen LogP contribution in [0.2, 0.25) is 0 Å². The van der Waals surface area contributed by atoms with Crippen molar-refractivity contribution in [2.75, 3.05) is 0 Å². The lowest BCUT2D eigenvalue weighted by atomic mass is 10.1. The number of amides is 1. The van der Waals surface area contributed by atoms with Crippen LogP contribution < -0.4 is 10.6 Å². The summed E-state index contributed by atoms with van der Waals surface area (Å²) in [6.45, 7) is 1.14. The molecule has 0 spiro atoms. The number of carbonyl (C=O) groups is 1. The number of nitrogens with one attached hydrogen (secondary N) is 2. The van der Waals surface area contributed by atoms with Crippen LogP contribution in [0, 0.1) is 0 Å². The third kappa shape index (κ3) is 3.70. The Balaban J connectivity index is 1.36. The summed E-state index contributed by atoms with van der Waals surface area (Å²) in [5.41, 5.74) is 4.62. The quantitative estimate of drug-likeness (QED) is 0.710. The molecule has 2 aromatic carbocycles. The molecule has 0 aliphatic heterocycles. The van der Waals surface area contributed by atoms with Crippen molar-refractivity contribution in [2.45, 2.75) is 32.0 Å². The number of fused-ring (bicyclic) bond motifs is 1. The smallest absolute Gasteiger partial charge is 0.251 e. The van der Waals surface area contributed by atoms with Crippen molar-refractivity contribution in [1.82, 2.24) is 10.6 Å². The van der Waals surface area contributed by atoms with Crippen molar-refractivity contribution in [3.05, 3.63) is 94.9 Å². The number of rotatable bonds is 6. The van der Waals surface area contributed by atoms with E-state index in [4.69, 9.17) is 4.42 Å². The minimum absolute atomic E-state index is 0.0885. The molecule has 132 valence electrons. The Morgan fingerprint density at radius 3 is 2.85 bits per heavy atom. The summed E-state index contributed by atoms with van der Waals surface area (Å²) in [4.78, 5) is 12.3. The van der Waals surface area contributed by atoms with E-state index in [0.717, 1.165) is 30.7 Å². The molecule has 0 saturated carbocycles. The first-order valence-electron chi connectivity index (χ1n) is 9.00. The van der Waals surface area contributed by atoms with Gasteiger partial charge < -0.3 is 15.1 Å². The number of aryl methyl sites for hydroxylation is 1. The van der Waals surface area contributed by atoms with Gasteiger partial charge in [-0.2, -0.15) is 0 Å². The molecule has 1 aliphatic carbocycles. The third-order valence-corrected chi connectivity index (χ3v) is 4.88. The van der Waals surface area contributed by atoms with Gasteiger partial charge in [0.1, 0.15) is 5.76 Å². The summed E-state index contributed by atoms with van der Waals surface area (Å²) in [6.07, 6.45) is 3.86. The molecule has 0 radical (unpaired) electrons. The highest BCUT2D eigenvalue weighted by molar-refractivity contribution is 5.94. The lowest BCUT2D eigenvalue weighted by molar-refractivity contribution is 0.0948. The van der Waals surface area contributed by atoms with E-state index >= 15 is 0 Å². The number of hydrogen-bond acceptors (Lipinski definition) is 3. The molecule has 26 heavy (non-hydrogen) atoms. The molecule has 4 heteroatoms. The van der Waals surface area contributed by atoms with Gasteiger partial charge >= 0.3 is 0 Å². The maximum absolute atomic E-state index is 12.3. The van der Waals surface area contributed by atoms with Crippen LogP contribution in [0.3, 0.4) is 0 Å². The molecule has 0 fully saturated rings. The van der Waals surface area contributed by atoms with Gasteiger partial charge in [0.05, 0.1) is 12.8 Å². The molecule has 3 aromatic rings. The standard InChI is InChI=1S/C22H22N2O2/c25-22(24-15-19-8-4-12-26-19)18-7-3-5-16(13-18)14-23-21-11-10-17-6-1-2-9-20(17)21/h1-9,12-13,21,23H,10-11,14-15H2,(H,24,25)/t21-/m1/s1. The van der Waals surface area contributed by atoms with Crippen LogP contribution in [-0.4, -0.2) is 5.91 Å². The highest BCUT2D eigenvalue weighted by Crippen LogP contribution is 2.30. The van der Waals surface area contributed by atoms with E-state index in [9.17, 15) is 4.79 Å². The van der Waals surface area contributed by atoms with Crippen LogP contribution in [0.1, 0.15) is 45.3 Å². The van der Waals surface area contributed by atoms with Gasteiger partial charge in [-0.25, -0.2) is 0 Å². The van der Waals surface area contributed by atoms with E-state index in [2.05, 4.69) is 41.0 Å². The molecule has 2 N–H and O–H groups in total. The maximum atomic E-state index is 12.3. The Bertz CT molecular complexity index is 887. The van der Waals surface area contributed by atoms with Gasteiger partial charge in [0.25, 0.3) is 5.91 Å². The van der Waals surface area contributed by atoms with Crippen molar-refractivity contribution in [1.29, 1.82) is 0 Å². The summed E-state index contributed by atoms with van der Waals surface area (Å²) in [5.74, 6) is 0.658. The van der Waals surface area contributed by atoms with E-state index < -0.39 is 0 Å². The Labute approximate surface area is 153 Å². The number of hydrogen-bond donors (Lipinski definition) is 2. The third-order valence-electron chi connectivity index (χ3n) is 4.88. The fourth-order valence-electron chi connectivity index (χ4n) is 3.52. The van der Waals surface area contributed by atoms with Gasteiger partial charge in [-0.15, -0.1) is 0 Å². The largest absolute Gasteiger partial charge is 0.467 e. The normalized spacial score (nSPS) is 15.6. The molecule has 4 rings (SSSR count). The number of furan rings is 1. The SMILES string of the molecule is O=C(NCc1ccco1)c1cccc(CN[C@@H]2CCc3ccccc32)c1. The van der Waals surface area contributed by atoms with Crippen LogP contribution in [0.15, 0.2) is 71.3 Å².